The first-order valence-electron chi connectivity index (χ1n) is 12.9. The maximum Gasteiger partial charge on any atom is 0.328 e. The molecule has 0 spiro atoms. The molecule has 0 saturated carbocycles. The van der Waals surface area contributed by atoms with Crippen LogP contribution in [-0.4, -0.2) is 36.5 Å². The highest BCUT2D eigenvalue weighted by Gasteiger charge is 2.24. The largest absolute Gasteiger partial charge is 0.464 e. The van der Waals surface area contributed by atoms with Crippen molar-refractivity contribution in [3.05, 3.63) is 12.2 Å². The second-order valence-electron chi connectivity index (χ2n) is 8.70. The number of allylic oxidation sites excluding steroid dienone is 2. The number of ether oxygens (including phenoxy) is 1. The zero-order valence-corrected chi connectivity index (χ0v) is 20.8. The summed E-state index contributed by atoms with van der Waals surface area (Å²) in [6.07, 6.45) is 26.0. The first kappa shape index (κ1) is 29.5. The van der Waals surface area contributed by atoms with Gasteiger partial charge in [-0.2, -0.15) is 0 Å². The lowest BCUT2D eigenvalue weighted by Crippen LogP contribution is -2.46. The topological polar surface area (TPSA) is 79.4 Å². The number of hydrogen-bond acceptors (Lipinski definition) is 3. The molecule has 0 rings (SSSR count). The first-order chi connectivity index (χ1) is 15.0. The average Bonchev–Trinajstić information content (AvgIpc) is 2.75. The molecular formula is C26H51N3O2. The van der Waals surface area contributed by atoms with Crippen LogP contribution in [0.3, 0.4) is 0 Å². The molecular weight excluding hydrogens is 386 g/mol. The van der Waals surface area contributed by atoms with Gasteiger partial charge in [-0.15, -0.1) is 0 Å². The van der Waals surface area contributed by atoms with Gasteiger partial charge in [0.2, 0.25) is 0 Å². The van der Waals surface area contributed by atoms with E-state index < -0.39 is 6.04 Å². The van der Waals surface area contributed by atoms with Crippen molar-refractivity contribution in [3.8, 4) is 0 Å². The molecule has 0 aliphatic rings. The predicted octanol–water partition coefficient (Wildman–Crippen LogP) is 6.95. The molecule has 0 saturated heterocycles. The minimum atomic E-state index is -0.438. The number of likely N-dealkylation sites (N-methyl/N-ethyl adjacent to an activating group) is 1. The average molecular weight is 438 g/mol. The Balaban J connectivity index is 3.56. The van der Waals surface area contributed by atoms with Gasteiger partial charge in [-0.05, 0) is 39.0 Å². The molecule has 31 heavy (non-hydrogen) atoms. The van der Waals surface area contributed by atoms with Crippen molar-refractivity contribution < 1.29 is 9.53 Å². The molecule has 3 N–H and O–H groups in total. The van der Waals surface area contributed by atoms with Crippen LogP contribution in [0.1, 0.15) is 123 Å². The van der Waals surface area contributed by atoms with E-state index in [-0.39, 0.29) is 11.9 Å². The van der Waals surface area contributed by atoms with Crippen LogP contribution in [-0.2, 0) is 9.53 Å². The molecule has 5 nitrogen and oxygen atoms in total. The fourth-order valence-corrected chi connectivity index (χ4v) is 3.81. The molecule has 0 amide bonds. The summed E-state index contributed by atoms with van der Waals surface area (Å²) in [6, 6.07) is -0.438. The predicted molar refractivity (Wildman–Crippen MR) is 133 cm³/mol. The maximum atomic E-state index is 12.1. The molecule has 182 valence electrons. The molecule has 0 aromatic heterocycles. The van der Waals surface area contributed by atoms with Gasteiger partial charge in [-0.1, -0.05) is 96.1 Å². The zero-order valence-electron chi connectivity index (χ0n) is 20.8. The van der Waals surface area contributed by atoms with Crippen molar-refractivity contribution >= 4 is 11.9 Å². The Hall–Kier alpha value is -1.52. The van der Waals surface area contributed by atoms with Crippen molar-refractivity contribution in [3.63, 3.8) is 0 Å². The lowest BCUT2D eigenvalue weighted by atomic mass is 10.0. The third-order valence-electron chi connectivity index (χ3n) is 5.90. The van der Waals surface area contributed by atoms with Crippen LogP contribution in [0.15, 0.2) is 12.2 Å². The van der Waals surface area contributed by atoms with E-state index >= 15 is 0 Å². The minimum absolute atomic E-state index is 0.0877. The van der Waals surface area contributed by atoms with E-state index in [4.69, 9.17) is 15.9 Å². The minimum Gasteiger partial charge on any atom is -0.464 e. The van der Waals surface area contributed by atoms with E-state index in [0.29, 0.717) is 13.0 Å². The van der Waals surface area contributed by atoms with Crippen LogP contribution >= 0.6 is 0 Å². The fraction of sp³-hybridized carbons (Fsp3) is 0.846. The number of carbonyl (C=O) groups is 1. The molecule has 0 bridgehead atoms. The van der Waals surface area contributed by atoms with Gasteiger partial charge in [0.05, 0.1) is 6.61 Å². The van der Waals surface area contributed by atoms with Gasteiger partial charge < -0.3 is 15.4 Å². The number of guanidine groups is 1. The lowest BCUT2D eigenvalue weighted by molar-refractivity contribution is -0.148. The van der Waals surface area contributed by atoms with Crippen LogP contribution in [0.2, 0.25) is 0 Å². The normalized spacial score (nSPS) is 12.2. The van der Waals surface area contributed by atoms with Crippen LogP contribution in [0.25, 0.3) is 0 Å². The third-order valence-corrected chi connectivity index (χ3v) is 5.90. The van der Waals surface area contributed by atoms with Gasteiger partial charge in [0.25, 0.3) is 0 Å². The molecule has 0 aromatic carbocycles. The Morgan fingerprint density at radius 1 is 0.839 bits per heavy atom. The SMILES string of the molecule is CCCCCCCC/C=C\CCCCCCCCCCC(C(=O)OCC)N(C)C(=N)N. The number of unbranched alkanes of at least 4 members (excludes halogenated alkanes) is 14. The number of nitrogens with zero attached hydrogens (tertiary/aromatic N) is 1. The molecule has 0 aliphatic heterocycles. The second-order valence-corrected chi connectivity index (χ2v) is 8.70. The van der Waals surface area contributed by atoms with Gasteiger partial charge in [0.1, 0.15) is 6.04 Å². The number of hydrogen-bond donors (Lipinski definition) is 2. The van der Waals surface area contributed by atoms with Crippen molar-refractivity contribution in [2.75, 3.05) is 13.7 Å². The fourth-order valence-electron chi connectivity index (χ4n) is 3.81. The van der Waals surface area contributed by atoms with Gasteiger partial charge in [0.15, 0.2) is 5.96 Å². The summed E-state index contributed by atoms with van der Waals surface area (Å²) in [4.78, 5) is 13.6. The zero-order chi connectivity index (χ0) is 23.2. The Labute approximate surface area is 192 Å². The van der Waals surface area contributed by atoms with Crippen LogP contribution < -0.4 is 5.73 Å². The number of esters is 1. The molecule has 1 unspecified atom stereocenters. The van der Waals surface area contributed by atoms with E-state index in [9.17, 15) is 4.79 Å². The molecule has 0 fully saturated rings. The summed E-state index contributed by atoms with van der Waals surface area (Å²) >= 11 is 0. The number of nitrogens with one attached hydrogen (secondary N) is 1. The van der Waals surface area contributed by atoms with E-state index in [0.717, 1.165) is 12.8 Å². The smallest absolute Gasteiger partial charge is 0.328 e. The highest BCUT2D eigenvalue weighted by atomic mass is 16.5. The van der Waals surface area contributed by atoms with Gasteiger partial charge >= 0.3 is 5.97 Å². The standard InChI is InChI=1S/C26H51N3O2/c1-4-6-7-8-9-10-11-12-13-14-15-16-17-18-19-20-21-22-23-24(25(30)31-5-2)29(3)26(27)28/h12-13,24H,4-11,14-23H2,1-3H3,(H3,27,28)/b13-12-. The molecule has 1 atom stereocenters. The second kappa shape index (κ2) is 21.7. The third kappa shape index (κ3) is 17.8. The van der Waals surface area contributed by atoms with Crippen molar-refractivity contribution in [1.29, 1.82) is 5.41 Å². The quantitative estimate of drug-likeness (QED) is 0.0669. The number of rotatable bonds is 21. The van der Waals surface area contributed by atoms with Crippen molar-refractivity contribution in [2.24, 2.45) is 5.73 Å². The molecule has 5 heteroatoms. The number of nitrogens with two attached hydrogens (primary N) is 1. The van der Waals surface area contributed by atoms with E-state index in [1.54, 1.807) is 14.0 Å². The Morgan fingerprint density at radius 3 is 1.74 bits per heavy atom. The highest BCUT2D eigenvalue weighted by molar-refractivity contribution is 5.83. The van der Waals surface area contributed by atoms with Gasteiger partial charge in [-0.3, -0.25) is 5.41 Å². The molecule has 0 heterocycles. The summed E-state index contributed by atoms with van der Waals surface area (Å²) in [5.41, 5.74) is 5.54. The first-order valence-corrected chi connectivity index (χ1v) is 12.9. The van der Waals surface area contributed by atoms with Crippen LogP contribution in [0.5, 0.6) is 0 Å². The Bertz CT molecular complexity index is 466. The Morgan fingerprint density at radius 2 is 1.29 bits per heavy atom. The summed E-state index contributed by atoms with van der Waals surface area (Å²) in [6.45, 7) is 4.43. The van der Waals surface area contributed by atoms with Crippen LogP contribution in [0, 0.1) is 5.41 Å². The van der Waals surface area contributed by atoms with Crippen LogP contribution in [0.4, 0.5) is 0 Å². The molecule has 0 aliphatic carbocycles. The van der Waals surface area contributed by atoms with E-state index in [1.807, 2.05) is 0 Å². The lowest BCUT2D eigenvalue weighted by Gasteiger charge is -2.26. The number of carbonyl (C=O) groups excluding carboxylic acids is 1. The van der Waals surface area contributed by atoms with E-state index in [1.165, 1.54) is 94.8 Å². The molecule has 0 aromatic rings. The summed E-state index contributed by atoms with van der Waals surface area (Å²) in [7, 11) is 1.69. The van der Waals surface area contributed by atoms with E-state index in [2.05, 4.69) is 19.1 Å². The monoisotopic (exact) mass is 437 g/mol. The van der Waals surface area contributed by atoms with Gasteiger partial charge in [-0.25, -0.2) is 4.79 Å². The van der Waals surface area contributed by atoms with Crippen molar-refractivity contribution in [1.82, 2.24) is 4.90 Å². The summed E-state index contributed by atoms with van der Waals surface area (Å²) in [5.74, 6) is -0.364. The highest BCUT2D eigenvalue weighted by Crippen LogP contribution is 2.14. The summed E-state index contributed by atoms with van der Waals surface area (Å²) in [5, 5.41) is 7.56. The molecule has 0 radical (unpaired) electrons. The summed E-state index contributed by atoms with van der Waals surface area (Å²) < 4.78 is 5.13. The van der Waals surface area contributed by atoms with Crippen molar-refractivity contribution in [2.45, 2.75) is 129 Å². The maximum absolute atomic E-state index is 12.1. The van der Waals surface area contributed by atoms with Gasteiger partial charge in [0, 0.05) is 7.05 Å². The Kier molecular flexibility index (Phi) is 20.6.